The molecule has 1 saturated heterocycles. The van der Waals surface area contributed by atoms with Crippen LogP contribution in [0.15, 0.2) is 85.2 Å². The molecule has 3 N–H and O–H groups in total. The lowest BCUT2D eigenvalue weighted by atomic mass is 9.88. The number of ether oxygens (including phenoxy) is 1. The highest BCUT2D eigenvalue weighted by atomic mass is 19.1. The summed E-state index contributed by atoms with van der Waals surface area (Å²) in [5.74, 6) is 0.976. The van der Waals surface area contributed by atoms with Crippen LogP contribution in [-0.4, -0.2) is 74.5 Å². The minimum Gasteiger partial charge on any atom is -0.392 e. The van der Waals surface area contributed by atoms with Crippen LogP contribution in [0.25, 0.3) is 33.5 Å². The van der Waals surface area contributed by atoms with E-state index in [0.717, 1.165) is 72.8 Å². The number of halogens is 1. The number of nitrogens with one attached hydrogen (secondary N) is 2. The first-order valence-corrected chi connectivity index (χ1v) is 17.8. The number of aliphatic hydroxyl groups is 1. The van der Waals surface area contributed by atoms with E-state index in [1.54, 1.807) is 31.6 Å². The van der Waals surface area contributed by atoms with Gasteiger partial charge in [0.1, 0.15) is 5.82 Å². The normalized spacial score (nSPS) is 22.5. The topological polar surface area (TPSA) is 116 Å². The quantitative estimate of drug-likeness (QED) is 0.149. The lowest BCUT2D eigenvalue weighted by Gasteiger charge is -2.29. The van der Waals surface area contributed by atoms with E-state index in [0.29, 0.717) is 43.4 Å². The van der Waals surface area contributed by atoms with E-state index in [1.807, 2.05) is 24.3 Å². The maximum absolute atomic E-state index is 13.7. The van der Waals surface area contributed by atoms with Crippen LogP contribution in [0.2, 0.25) is 0 Å². The molecule has 4 unspecified atom stereocenters. The third-order valence-corrected chi connectivity index (χ3v) is 10.8. The average molecular weight is 677 g/mol. The molecule has 0 radical (unpaired) electrons. The number of aromatic nitrogens is 4. The fourth-order valence-electron chi connectivity index (χ4n) is 7.82. The molecule has 0 bridgehead atoms. The molecule has 10 heteroatoms. The molecule has 4 atom stereocenters. The zero-order valence-electron chi connectivity index (χ0n) is 28.5. The van der Waals surface area contributed by atoms with Gasteiger partial charge in [-0.3, -0.25) is 14.8 Å². The Morgan fingerprint density at radius 2 is 1.72 bits per heavy atom. The Bertz CT molecular complexity index is 1880. The maximum Gasteiger partial charge on any atom is 0.258 e. The number of benzene rings is 3. The Morgan fingerprint density at radius 1 is 1.00 bits per heavy atom. The minimum atomic E-state index is -1.02. The molecule has 2 aromatic heterocycles. The van der Waals surface area contributed by atoms with Crippen LogP contribution in [0.5, 0.6) is 0 Å². The van der Waals surface area contributed by atoms with Crippen molar-refractivity contribution in [3.05, 3.63) is 96.6 Å². The van der Waals surface area contributed by atoms with Gasteiger partial charge in [0.25, 0.3) is 5.91 Å². The van der Waals surface area contributed by atoms with Crippen LogP contribution >= 0.6 is 0 Å². The third-order valence-electron chi connectivity index (χ3n) is 10.8. The summed E-state index contributed by atoms with van der Waals surface area (Å²) in [4.78, 5) is 24.7. The molecule has 9 nitrogen and oxygen atoms in total. The molecule has 5 aromatic rings. The number of β-amino-alcohol motifs (C(OH)–C–C–N with tert-alkyl or cyclic N) is 1. The largest absolute Gasteiger partial charge is 0.392 e. The molecule has 1 saturated carbocycles. The molecular formula is C40H45FN6O3. The van der Waals surface area contributed by atoms with Gasteiger partial charge in [-0.2, -0.15) is 5.10 Å². The number of hydrogen-bond donors (Lipinski definition) is 3. The first-order chi connectivity index (χ1) is 24.4. The number of anilines is 1. The molecule has 50 heavy (non-hydrogen) atoms. The second-order valence-electron chi connectivity index (χ2n) is 13.9. The van der Waals surface area contributed by atoms with Gasteiger partial charge < -0.3 is 15.2 Å². The molecule has 2 aliphatic rings. The van der Waals surface area contributed by atoms with Crippen molar-refractivity contribution >= 4 is 22.5 Å². The molecule has 1 amide bonds. The summed E-state index contributed by atoms with van der Waals surface area (Å²) in [5, 5.41) is 22.8. The number of H-pyrrole nitrogens is 1. The fraction of sp³-hybridized carbons (Fsp3) is 0.400. The maximum atomic E-state index is 13.7. The van der Waals surface area contributed by atoms with Crippen LogP contribution in [0.1, 0.15) is 62.8 Å². The zero-order chi connectivity index (χ0) is 34.5. The van der Waals surface area contributed by atoms with E-state index in [9.17, 15) is 14.3 Å². The van der Waals surface area contributed by atoms with E-state index < -0.39 is 11.7 Å². The van der Waals surface area contributed by atoms with Gasteiger partial charge in [0.15, 0.2) is 11.4 Å². The summed E-state index contributed by atoms with van der Waals surface area (Å²) in [6.07, 6.45) is 11.2. The molecule has 0 spiro atoms. The Hall–Kier alpha value is -4.51. The Balaban J connectivity index is 0.939. The molecule has 1 aliphatic carbocycles. The number of likely N-dealkylation sites (tertiary alicyclic amines) is 1. The van der Waals surface area contributed by atoms with Gasteiger partial charge in [-0.1, -0.05) is 43.5 Å². The van der Waals surface area contributed by atoms with Crippen LogP contribution in [0.3, 0.4) is 0 Å². The molecule has 2 fully saturated rings. The van der Waals surface area contributed by atoms with Crippen LogP contribution in [0.4, 0.5) is 10.1 Å². The first kappa shape index (κ1) is 34.0. The minimum absolute atomic E-state index is 0.207. The van der Waals surface area contributed by atoms with E-state index in [-0.39, 0.29) is 17.6 Å². The van der Waals surface area contributed by atoms with Gasteiger partial charge in [0.2, 0.25) is 0 Å². The highest BCUT2D eigenvalue weighted by Gasteiger charge is 2.45. The molecule has 260 valence electrons. The number of methoxy groups -OCH3 is 1. The Morgan fingerprint density at radius 3 is 2.50 bits per heavy atom. The molecule has 3 heterocycles. The molecular weight excluding hydrogens is 631 g/mol. The predicted molar refractivity (Wildman–Crippen MR) is 193 cm³/mol. The number of amides is 1. The third kappa shape index (κ3) is 7.47. The number of aliphatic hydroxyl groups excluding tert-OH is 1. The summed E-state index contributed by atoms with van der Waals surface area (Å²) < 4.78 is 19.4. The summed E-state index contributed by atoms with van der Waals surface area (Å²) in [6.45, 7) is 1.62. The van der Waals surface area contributed by atoms with Gasteiger partial charge in [-0.25, -0.2) is 14.4 Å². The van der Waals surface area contributed by atoms with Crippen molar-refractivity contribution in [3.63, 3.8) is 0 Å². The number of rotatable bonds is 9. The summed E-state index contributed by atoms with van der Waals surface area (Å²) in [7, 11) is 1.59. The van der Waals surface area contributed by atoms with Crippen molar-refractivity contribution in [2.75, 3.05) is 32.1 Å². The Labute approximate surface area is 292 Å². The summed E-state index contributed by atoms with van der Waals surface area (Å²) >= 11 is 0. The van der Waals surface area contributed by atoms with Crippen LogP contribution in [-0.2, 0) is 9.53 Å². The Kier molecular flexibility index (Phi) is 10.3. The zero-order valence-corrected chi connectivity index (χ0v) is 28.5. The highest BCUT2D eigenvalue weighted by molar-refractivity contribution is 6.01. The van der Waals surface area contributed by atoms with Gasteiger partial charge in [0, 0.05) is 61.3 Å². The van der Waals surface area contributed by atoms with Crippen molar-refractivity contribution < 1.29 is 19.0 Å². The van der Waals surface area contributed by atoms with Crippen molar-refractivity contribution in [1.29, 1.82) is 0 Å². The van der Waals surface area contributed by atoms with E-state index in [2.05, 4.69) is 54.6 Å². The predicted octanol–water partition coefficient (Wildman–Crippen LogP) is 7.36. The van der Waals surface area contributed by atoms with E-state index in [4.69, 9.17) is 4.74 Å². The average Bonchev–Trinajstić information content (AvgIpc) is 3.79. The number of fused-ring (bicyclic) bond motifs is 1. The lowest BCUT2D eigenvalue weighted by molar-refractivity contribution is -0.136. The number of carbonyl (C=O) groups is 1. The lowest BCUT2D eigenvalue weighted by Crippen LogP contribution is -2.48. The van der Waals surface area contributed by atoms with E-state index in [1.165, 1.54) is 17.7 Å². The highest BCUT2D eigenvalue weighted by Crippen LogP contribution is 2.35. The van der Waals surface area contributed by atoms with Gasteiger partial charge in [-0.05, 0) is 98.0 Å². The van der Waals surface area contributed by atoms with Crippen LogP contribution < -0.4 is 5.32 Å². The van der Waals surface area contributed by atoms with E-state index >= 15 is 0 Å². The second-order valence-corrected chi connectivity index (χ2v) is 13.9. The number of aromatic amines is 1. The molecule has 1 aliphatic heterocycles. The second kappa shape index (κ2) is 15.2. The molecule has 7 rings (SSSR count). The van der Waals surface area contributed by atoms with Crippen molar-refractivity contribution in [1.82, 2.24) is 25.1 Å². The van der Waals surface area contributed by atoms with Gasteiger partial charge in [-0.15, -0.1) is 0 Å². The van der Waals surface area contributed by atoms with Gasteiger partial charge >= 0.3 is 0 Å². The van der Waals surface area contributed by atoms with Crippen LogP contribution in [0, 0.1) is 11.7 Å². The van der Waals surface area contributed by atoms with Gasteiger partial charge in [0.05, 0.1) is 17.3 Å². The number of hydrogen-bond acceptors (Lipinski definition) is 7. The molecule has 3 aromatic carbocycles. The standard InChI is InChI=1S/C40H45FN6O3/c1-50-40(39(49)44-33-18-19-35-34(24-33)37(46-45-35)30-14-16-32(41)17-15-30)20-23-47(26-40)25-36(48)29-7-3-2-6-27(8-4-9-29)28-10-12-31(13-11-28)38-42-21-5-22-43-38/h5,10-19,21-22,24,27,29,36,48H,2-4,6-9,20,23,25-26H2,1H3,(H,44,49)(H,45,46). The monoisotopic (exact) mass is 676 g/mol. The van der Waals surface area contributed by atoms with Crippen molar-refractivity contribution in [2.45, 2.75) is 69.0 Å². The SMILES string of the molecule is COC1(C(=O)Nc2ccc3[nH]nc(-c4ccc(F)cc4)c3c2)CCN(CC(O)C2CCCCC(c3ccc(-c4ncccn4)cc3)CCC2)C1. The first-order valence-electron chi connectivity index (χ1n) is 17.8. The smallest absolute Gasteiger partial charge is 0.258 e. The summed E-state index contributed by atoms with van der Waals surface area (Å²) in [6, 6.07) is 22.3. The fourth-order valence-corrected chi connectivity index (χ4v) is 7.82. The number of carbonyl (C=O) groups excluding carboxylic acids is 1. The number of nitrogens with zero attached hydrogens (tertiary/aromatic N) is 4. The summed E-state index contributed by atoms with van der Waals surface area (Å²) in [5.41, 5.74) is 4.30. The van der Waals surface area contributed by atoms with Crippen molar-refractivity contribution in [2.24, 2.45) is 5.92 Å². The van der Waals surface area contributed by atoms with Crippen molar-refractivity contribution in [3.8, 4) is 22.6 Å².